The molecule has 2 N–H and O–H groups in total. The van der Waals surface area contributed by atoms with Gasteiger partial charge in [0.25, 0.3) is 5.91 Å². The number of halogens is 2. The van der Waals surface area contributed by atoms with Crippen LogP contribution < -0.4 is 10.6 Å². The van der Waals surface area contributed by atoms with Crippen LogP contribution in [0.25, 0.3) is 10.8 Å². The lowest BCUT2D eigenvalue weighted by atomic mass is 9.96. The third-order valence-electron chi connectivity index (χ3n) is 4.30. The molecule has 1 saturated heterocycles. The first-order valence-corrected chi connectivity index (χ1v) is 8.70. The molecule has 3 rings (SSSR count). The minimum absolute atomic E-state index is 0. The second-order valence-corrected chi connectivity index (χ2v) is 6.88. The Kier molecular flexibility index (Phi) is 6.88. The Morgan fingerprint density at radius 3 is 2.78 bits per heavy atom. The van der Waals surface area contributed by atoms with Gasteiger partial charge in [0.2, 0.25) is 0 Å². The molecule has 1 aliphatic heterocycles. The van der Waals surface area contributed by atoms with E-state index in [1.807, 2.05) is 30.3 Å². The summed E-state index contributed by atoms with van der Waals surface area (Å²) in [6, 6.07) is 11.9. The fourth-order valence-corrected chi connectivity index (χ4v) is 3.40. The Morgan fingerprint density at radius 1 is 1.22 bits per heavy atom. The SMILES string of the molecule is Cl.O=C(NCCC1CCCNC1)c1ccc2cc(Br)ccc2c1. The van der Waals surface area contributed by atoms with Gasteiger partial charge in [-0.3, -0.25) is 4.79 Å². The fourth-order valence-electron chi connectivity index (χ4n) is 3.02. The second kappa shape index (κ2) is 8.67. The van der Waals surface area contributed by atoms with E-state index in [-0.39, 0.29) is 18.3 Å². The van der Waals surface area contributed by atoms with Gasteiger partial charge < -0.3 is 10.6 Å². The smallest absolute Gasteiger partial charge is 0.251 e. The molecule has 3 nitrogen and oxygen atoms in total. The largest absolute Gasteiger partial charge is 0.352 e. The van der Waals surface area contributed by atoms with Crippen molar-refractivity contribution in [2.24, 2.45) is 5.92 Å². The summed E-state index contributed by atoms with van der Waals surface area (Å²) in [5.74, 6) is 0.719. The first-order chi connectivity index (χ1) is 10.7. The molecule has 0 aromatic heterocycles. The Labute approximate surface area is 151 Å². The van der Waals surface area contributed by atoms with Crippen molar-refractivity contribution in [2.45, 2.75) is 19.3 Å². The molecule has 1 amide bonds. The number of carbonyl (C=O) groups is 1. The van der Waals surface area contributed by atoms with Crippen molar-refractivity contribution in [2.75, 3.05) is 19.6 Å². The predicted molar refractivity (Wildman–Crippen MR) is 101 cm³/mol. The van der Waals surface area contributed by atoms with Crippen molar-refractivity contribution in [3.8, 4) is 0 Å². The summed E-state index contributed by atoms with van der Waals surface area (Å²) < 4.78 is 1.05. The van der Waals surface area contributed by atoms with Crippen molar-refractivity contribution >= 4 is 45.0 Å². The van der Waals surface area contributed by atoms with Crippen LogP contribution in [0.4, 0.5) is 0 Å². The monoisotopic (exact) mass is 396 g/mol. The molecule has 0 spiro atoms. The maximum Gasteiger partial charge on any atom is 0.251 e. The van der Waals surface area contributed by atoms with Crippen molar-refractivity contribution in [3.63, 3.8) is 0 Å². The van der Waals surface area contributed by atoms with E-state index in [0.717, 1.165) is 46.9 Å². The molecule has 1 unspecified atom stereocenters. The van der Waals surface area contributed by atoms with Gasteiger partial charge in [-0.1, -0.05) is 28.1 Å². The summed E-state index contributed by atoms with van der Waals surface area (Å²) in [6.45, 7) is 2.97. The Hall–Kier alpha value is -1.10. The van der Waals surface area contributed by atoms with Crippen molar-refractivity contribution < 1.29 is 4.79 Å². The highest BCUT2D eigenvalue weighted by atomic mass is 79.9. The Bertz CT molecular complexity index is 671. The second-order valence-electron chi connectivity index (χ2n) is 5.96. The number of nitrogens with one attached hydrogen (secondary N) is 2. The molecule has 1 atom stereocenters. The van der Waals surface area contributed by atoms with Gasteiger partial charge in [0.15, 0.2) is 0 Å². The van der Waals surface area contributed by atoms with Crippen LogP contribution in [0.2, 0.25) is 0 Å². The summed E-state index contributed by atoms with van der Waals surface area (Å²) in [4.78, 5) is 12.3. The van der Waals surface area contributed by atoms with Crippen molar-refractivity contribution in [3.05, 3.63) is 46.4 Å². The van der Waals surface area contributed by atoms with Crippen LogP contribution in [0, 0.1) is 5.92 Å². The Morgan fingerprint density at radius 2 is 2.00 bits per heavy atom. The van der Waals surface area contributed by atoms with Gasteiger partial charge in [0, 0.05) is 16.6 Å². The number of fused-ring (bicyclic) bond motifs is 1. The molecule has 0 saturated carbocycles. The molecule has 0 aliphatic carbocycles. The zero-order valence-electron chi connectivity index (χ0n) is 13.0. The third kappa shape index (κ3) is 4.93. The van der Waals surface area contributed by atoms with E-state index in [1.165, 1.54) is 12.8 Å². The lowest BCUT2D eigenvalue weighted by molar-refractivity contribution is 0.0951. The number of hydrogen-bond acceptors (Lipinski definition) is 2. The van der Waals surface area contributed by atoms with Crippen LogP contribution in [0.3, 0.4) is 0 Å². The van der Waals surface area contributed by atoms with Crippen molar-refractivity contribution in [1.29, 1.82) is 0 Å². The maximum atomic E-state index is 12.3. The highest BCUT2D eigenvalue weighted by Gasteiger charge is 2.13. The molecule has 124 valence electrons. The van der Waals surface area contributed by atoms with Gasteiger partial charge in [-0.2, -0.15) is 0 Å². The summed E-state index contributed by atoms with van der Waals surface area (Å²) in [5, 5.41) is 8.69. The van der Waals surface area contributed by atoms with E-state index in [2.05, 4.69) is 32.6 Å². The van der Waals surface area contributed by atoms with Gasteiger partial charge in [0.05, 0.1) is 0 Å². The maximum absolute atomic E-state index is 12.3. The molecular formula is C18H22BrClN2O. The van der Waals surface area contributed by atoms with Crippen LogP contribution in [0.15, 0.2) is 40.9 Å². The van der Waals surface area contributed by atoms with Gasteiger partial charge >= 0.3 is 0 Å². The lowest BCUT2D eigenvalue weighted by Crippen LogP contribution is -2.33. The van der Waals surface area contributed by atoms with Gasteiger partial charge in [-0.25, -0.2) is 0 Å². The molecule has 2 aromatic rings. The van der Waals surface area contributed by atoms with Gasteiger partial charge in [0.1, 0.15) is 0 Å². The number of hydrogen-bond donors (Lipinski definition) is 2. The minimum atomic E-state index is 0. The molecule has 23 heavy (non-hydrogen) atoms. The first-order valence-electron chi connectivity index (χ1n) is 7.90. The third-order valence-corrected chi connectivity index (χ3v) is 4.79. The fraction of sp³-hybridized carbons (Fsp3) is 0.389. The van der Waals surface area contributed by atoms with E-state index in [0.29, 0.717) is 5.92 Å². The zero-order valence-corrected chi connectivity index (χ0v) is 15.4. The van der Waals surface area contributed by atoms with Crippen LogP contribution in [-0.4, -0.2) is 25.5 Å². The van der Waals surface area contributed by atoms with Crippen LogP contribution >= 0.6 is 28.3 Å². The molecular weight excluding hydrogens is 376 g/mol. The number of carbonyl (C=O) groups excluding carboxylic acids is 1. The summed E-state index contributed by atoms with van der Waals surface area (Å²) in [5.41, 5.74) is 0.733. The van der Waals surface area contributed by atoms with Crippen molar-refractivity contribution in [1.82, 2.24) is 10.6 Å². The Balaban J connectivity index is 0.00000192. The first kappa shape index (κ1) is 18.2. The normalized spacial score (nSPS) is 17.5. The quantitative estimate of drug-likeness (QED) is 0.814. The lowest BCUT2D eigenvalue weighted by Gasteiger charge is -2.22. The number of benzene rings is 2. The van der Waals surface area contributed by atoms with Crippen LogP contribution in [-0.2, 0) is 0 Å². The predicted octanol–water partition coefficient (Wildman–Crippen LogP) is 4.14. The summed E-state index contributed by atoms with van der Waals surface area (Å²) in [6.07, 6.45) is 3.58. The van der Waals surface area contributed by atoms with Crippen LogP contribution in [0.1, 0.15) is 29.6 Å². The van der Waals surface area contributed by atoms with Gasteiger partial charge in [-0.15, -0.1) is 12.4 Å². The zero-order chi connectivity index (χ0) is 15.4. The molecule has 2 aromatic carbocycles. The molecule has 5 heteroatoms. The number of rotatable bonds is 4. The molecule has 1 heterocycles. The van der Waals surface area contributed by atoms with E-state index in [9.17, 15) is 4.79 Å². The average Bonchev–Trinajstić information content (AvgIpc) is 2.55. The highest BCUT2D eigenvalue weighted by molar-refractivity contribution is 9.10. The van der Waals surface area contributed by atoms with E-state index >= 15 is 0 Å². The van der Waals surface area contributed by atoms with E-state index in [4.69, 9.17) is 0 Å². The average molecular weight is 398 g/mol. The number of amides is 1. The highest BCUT2D eigenvalue weighted by Crippen LogP contribution is 2.21. The molecule has 0 radical (unpaired) electrons. The topological polar surface area (TPSA) is 41.1 Å². The summed E-state index contributed by atoms with van der Waals surface area (Å²) in [7, 11) is 0. The minimum Gasteiger partial charge on any atom is -0.352 e. The summed E-state index contributed by atoms with van der Waals surface area (Å²) >= 11 is 3.47. The number of piperidine rings is 1. The standard InChI is InChI=1S/C18H21BrN2O.ClH/c19-17-6-5-14-10-16(4-3-15(14)11-17)18(22)21-9-7-13-2-1-8-20-12-13;/h3-6,10-11,13,20H,1-2,7-9,12H2,(H,21,22);1H. The molecule has 1 fully saturated rings. The van der Waals surface area contributed by atoms with E-state index < -0.39 is 0 Å². The van der Waals surface area contributed by atoms with Gasteiger partial charge in [-0.05, 0) is 73.3 Å². The molecule has 0 bridgehead atoms. The van der Waals surface area contributed by atoms with E-state index in [1.54, 1.807) is 0 Å². The molecule has 1 aliphatic rings. The van der Waals surface area contributed by atoms with Crippen LogP contribution in [0.5, 0.6) is 0 Å².